The third kappa shape index (κ3) is 4.43. The molecule has 0 bridgehead atoms. The molecule has 0 aliphatic heterocycles. The number of fused-ring (bicyclic) bond motifs is 1. The number of anilines is 1. The lowest BCUT2D eigenvalue weighted by molar-refractivity contribution is 0.293. The average Bonchev–Trinajstić information content (AvgIpc) is 2.68. The third-order valence-corrected chi connectivity index (χ3v) is 4.79. The first-order valence-corrected chi connectivity index (χ1v) is 9.34. The predicted octanol–water partition coefficient (Wildman–Crippen LogP) is 4.88. The smallest absolute Gasteiger partial charge is 0.234 e. The van der Waals surface area contributed by atoms with Gasteiger partial charge in [0.1, 0.15) is 23.8 Å². The van der Waals surface area contributed by atoms with Gasteiger partial charge < -0.3 is 19.5 Å². The summed E-state index contributed by atoms with van der Waals surface area (Å²) in [6.07, 6.45) is 1.47. The van der Waals surface area contributed by atoms with Gasteiger partial charge in [0.15, 0.2) is 16.7 Å². The van der Waals surface area contributed by atoms with Crippen LogP contribution in [-0.4, -0.2) is 41.8 Å². The molecule has 1 aromatic carbocycles. The molecule has 0 aliphatic rings. The van der Waals surface area contributed by atoms with Crippen LogP contribution in [0, 0.1) is 0 Å². The van der Waals surface area contributed by atoms with Crippen LogP contribution in [0.2, 0.25) is 15.2 Å². The van der Waals surface area contributed by atoms with Gasteiger partial charge in [-0.05, 0) is 19.1 Å². The van der Waals surface area contributed by atoms with Crippen LogP contribution in [-0.2, 0) is 0 Å². The molecule has 2 aromatic heterocycles. The van der Waals surface area contributed by atoms with Gasteiger partial charge in [0.05, 0.1) is 30.8 Å². The quantitative estimate of drug-likeness (QED) is 0.521. The Balaban J connectivity index is 1.78. The largest absolute Gasteiger partial charge is 0.493 e. The maximum absolute atomic E-state index is 6.09. The molecule has 2 heterocycles. The molecule has 3 rings (SSSR count). The lowest BCUT2D eigenvalue weighted by Gasteiger charge is -2.17. The van der Waals surface area contributed by atoms with Crippen LogP contribution in [0.4, 0.5) is 5.82 Å². The molecule has 0 radical (unpaired) electrons. The Bertz CT molecular complexity index is 1000. The summed E-state index contributed by atoms with van der Waals surface area (Å²) in [5.41, 5.74) is 0.720. The molecule has 1 N–H and O–H groups in total. The molecule has 7 nitrogen and oxygen atoms in total. The molecular weight excluding hydrogens is 427 g/mol. The minimum absolute atomic E-state index is 0.126. The fraction of sp³-hybridized carbons (Fsp3) is 0.278. The van der Waals surface area contributed by atoms with Crippen molar-refractivity contribution in [1.82, 2.24) is 15.0 Å². The molecule has 148 valence electrons. The van der Waals surface area contributed by atoms with Gasteiger partial charge in [-0.1, -0.05) is 34.8 Å². The zero-order valence-corrected chi connectivity index (χ0v) is 17.6. The summed E-state index contributed by atoms with van der Waals surface area (Å²) in [7, 11) is 3.15. The molecule has 0 amide bonds. The van der Waals surface area contributed by atoms with Gasteiger partial charge in [0, 0.05) is 11.5 Å². The number of hydrogen-bond donors (Lipinski definition) is 1. The first-order chi connectivity index (χ1) is 13.4. The topological polar surface area (TPSA) is 78.4 Å². The zero-order valence-electron chi connectivity index (χ0n) is 15.3. The van der Waals surface area contributed by atoms with E-state index in [2.05, 4.69) is 20.3 Å². The average molecular weight is 444 g/mol. The standard InChI is InChI=1S/C18H17Cl3N4O3/c1-9(7-28-18-12(20)5-11(19)16(21)25-18)24-17-10-4-14(26-2)15(27-3)6-13(10)22-8-23-17/h4-6,8-9H,7H2,1-3H3,(H,22,23,24). The Morgan fingerprint density at radius 1 is 1.00 bits per heavy atom. The summed E-state index contributed by atoms with van der Waals surface area (Å²) < 4.78 is 16.3. The fourth-order valence-electron chi connectivity index (χ4n) is 2.51. The van der Waals surface area contributed by atoms with E-state index in [1.807, 2.05) is 13.0 Å². The van der Waals surface area contributed by atoms with Crippen molar-refractivity contribution in [3.05, 3.63) is 39.7 Å². The monoisotopic (exact) mass is 442 g/mol. The van der Waals surface area contributed by atoms with Gasteiger partial charge in [-0.25, -0.2) is 9.97 Å². The summed E-state index contributed by atoms with van der Waals surface area (Å²) in [5, 5.41) is 4.75. The van der Waals surface area contributed by atoms with E-state index in [4.69, 9.17) is 49.0 Å². The van der Waals surface area contributed by atoms with Crippen molar-refractivity contribution in [1.29, 1.82) is 0 Å². The summed E-state index contributed by atoms with van der Waals surface area (Å²) in [6.45, 7) is 2.20. The number of halogens is 3. The van der Waals surface area contributed by atoms with Gasteiger partial charge in [0.2, 0.25) is 5.88 Å². The molecule has 0 saturated carbocycles. The van der Waals surface area contributed by atoms with Gasteiger partial charge in [-0.3, -0.25) is 0 Å². The summed E-state index contributed by atoms with van der Waals surface area (Å²) in [6, 6.07) is 4.98. The van der Waals surface area contributed by atoms with E-state index in [1.54, 1.807) is 20.3 Å². The van der Waals surface area contributed by atoms with Crippen LogP contribution < -0.4 is 19.5 Å². The summed E-state index contributed by atoms with van der Waals surface area (Å²) >= 11 is 17.9. The molecule has 0 saturated heterocycles. The number of benzene rings is 1. The van der Waals surface area contributed by atoms with Crippen LogP contribution in [0.15, 0.2) is 24.5 Å². The molecule has 0 spiro atoms. The van der Waals surface area contributed by atoms with E-state index in [1.165, 1.54) is 12.4 Å². The Labute approximate surface area is 176 Å². The van der Waals surface area contributed by atoms with E-state index in [0.29, 0.717) is 17.3 Å². The highest BCUT2D eigenvalue weighted by molar-refractivity contribution is 6.42. The number of pyridine rings is 1. The van der Waals surface area contributed by atoms with E-state index in [0.717, 1.165) is 10.9 Å². The van der Waals surface area contributed by atoms with E-state index in [-0.39, 0.29) is 33.7 Å². The molecule has 10 heteroatoms. The second kappa shape index (κ2) is 8.86. The van der Waals surface area contributed by atoms with Crippen LogP contribution >= 0.6 is 34.8 Å². The van der Waals surface area contributed by atoms with Crippen molar-refractivity contribution in [2.45, 2.75) is 13.0 Å². The van der Waals surface area contributed by atoms with Crippen molar-refractivity contribution in [3.63, 3.8) is 0 Å². The minimum atomic E-state index is -0.126. The number of nitrogens with zero attached hydrogens (tertiary/aromatic N) is 3. The highest BCUT2D eigenvalue weighted by atomic mass is 35.5. The van der Waals surface area contributed by atoms with Crippen LogP contribution in [0.1, 0.15) is 6.92 Å². The number of aromatic nitrogens is 3. The number of ether oxygens (including phenoxy) is 3. The van der Waals surface area contributed by atoms with Gasteiger partial charge in [-0.15, -0.1) is 0 Å². The lowest BCUT2D eigenvalue weighted by atomic mass is 10.2. The van der Waals surface area contributed by atoms with Crippen molar-refractivity contribution in [2.24, 2.45) is 0 Å². The van der Waals surface area contributed by atoms with Gasteiger partial charge in [0.25, 0.3) is 0 Å². The van der Waals surface area contributed by atoms with Crippen LogP contribution in [0.5, 0.6) is 17.4 Å². The highest BCUT2D eigenvalue weighted by Gasteiger charge is 2.14. The van der Waals surface area contributed by atoms with Crippen molar-refractivity contribution >= 4 is 51.5 Å². The molecule has 0 fully saturated rings. The summed E-state index contributed by atoms with van der Waals surface area (Å²) in [5.74, 6) is 2.03. The molecule has 3 aromatic rings. The van der Waals surface area contributed by atoms with Crippen LogP contribution in [0.3, 0.4) is 0 Å². The Morgan fingerprint density at radius 3 is 2.43 bits per heavy atom. The van der Waals surface area contributed by atoms with E-state index >= 15 is 0 Å². The molecular formula is C18H17Cl3N4O3. The molecule has 1 unspecified atom stereocenters. The second-order valence-electron chi connectivity index (χ2n) is 5.85. The Morgan fingerprint density at radius 2 is 1.71 bits per heavy atom. The van der Waals surface area contributed by atoms with Gasteiger partial charge in [-0.2, -0.15) is 4.98 Å². The highest BCUT2D eigenvalue weighted by Crippen LogP contribution is 2.34. The number of nitrogens with one attached hydrogen (secondary N) is 1. The first kappa shape index (κ1) is 20.5. The van der Waals surface area contributed by atoms with Crippen molar-refractivity contribution in [3.8, 4) is 17.4 Å². The number of hydrogen-bond acceptors (Lipinski definition) is 7. The maximum Gasteiger partial charge on any atom is 0.234 e. The van der Waals surface area contributed by atoms with Crippen molar-refractivity contribution in [2.75, 3.05) is 26.1 Å². The van der Waals surface area contributed by atoms with Crippen LogP contribution in [0.25, 0.3) is 10.9 Å². The fourth-order valence-corrected chi connectivity index (χ4v) is 3.05. The Hall–Kier alpha value is -2.22. The SMILES string of the molecule is COc1cc2ncnc(NC(C)COc3nc(Cl)c(Cl)cc3Cl)c2cc1OC. The zero-order chi connectivity index (χ0) is 20.3. The van der Waals surface area contributed by atoms with Crippen molar-refractivity contribution < 1.29 is 14.2 Å². The second-order valence-corrected chi connectivity index (χ2v) is 7.02. The lowest BCUT2D eigenvalue weighted by Crippen LogP contribution is -2.24. The summed E-state index contributed by atoms with van der Waals surface area (Å²) in [4.78, 5) is 12.6. The third-order valence-electron chi connectivity index (χ3n) is 3.85. The molecule has 0 aliphatic carbocycles. The van der Waals surface area contributed by atoms with E-state index < -0.39 is 0 Å². The molecule has 28 heavy (non-hydrogen) atoms. The maximum atomic E-state index is 6.09. The van der Waals surface area contributed by atoms with E-state index in [9.17, 15) is 0 Å². The minimum Gasteiger partial charge on any atom is -0.493 e. The first-order valence-electron chi connectivity index (χ1n) is 8.20. The normalized spacial score (nSPS) is 11.9. The molecule has 1 atom stereocenters. The van der Waals surface area contributed by atoms with Gasteiger partial charge >= 0.3 is 0 Å². The number of rotatable bonds is 7. The number of methoxy groups -OCH3 is 2. The Kier molecular flexibility index (Phi) is 6.49. The predicted molar refractivity (Wildman–Crippen MR) is 110 cm³/mol.